The van der Waals surface area contributed by atoms with Gasteiger partial charge >= 0.3 is 0 Å². The molecule has 0 atom stereocenters. The standard InChI is InChI=1S/C27H24N2OS/c1-16(14-30)17-9-10-21-23(13-17)31-26-24(21)25(28-15-29-26)19-11-18-7-5-6-8-20(18)22(12-19)27(2,3)4/h5-15,30H,1-4H3/b16-14-. The van der Waals surface area contributed by atoms with Crippen molar-refractivity contribution in [1.82, 2.24) is 9.97 Å². The van der Waals surface area contributed by atoms with Crippen LogP contribution < -0.4 is 0 Å². The Morgan fingerprint density at radius 2 is 1.77 bits per heavy atom. The van der Waals surface area contributed by atoms with Gasteiger partial charge in [-0.3, -0.25) is 0 Å². The molecule has 0 saturated carbocycles. The van der Waals surface area contributed by atoms with Crippen LogP contribution in [0.1, 0.15) is 38.8 Å². The monoisotopic (exact) mass is 424 g/mol. The number of aromatic nitrogens is 2. The highest BCUT2D eigenvalue weighted by atomic mass is 32.1. The van der Waals surface area contributed by atoms with Crippen molar-refractivity contribution < 1.29 is 5.11 Å². The summed E-state index contributed by atoms with van der Waals surface area (Å²) in [6, 6.07) is 19.4. The fraction of sp³-hybridized carbons (Fsp3) is 0.185. The summed E-state index contributed by atoms with van der Waals surface area (Å²) in [4.78, 5) is 10.3. The van der Waals surface area contributed by atoms with Crippen molar-refractivity contribution in [3.8, 4) is 11.3 Å². The molecule has 0 fully saturated rings. The number of hydrogen-bond donors (Lipinski definition) is 1. The van der Waals surface area contributed by atoms with Crippen LogP contribution in [0.25, 0.3) is 47.9 Å². The Hall–Kier alpha value is -3.24. The van der Waals surface area contributed by atoms with Crippen LogP contribution in [0.2, 0.25) is 0 Å². The van der Waals surface area contributed by atoms with Crippen molar-refractivity contribution in [3.63, 3.8) is 0 Å². The van der Waals surface area contributed by atoms with Crippen LogP contribution in [-0.2, 0) is 5.41 Å². The van der Waals surface area contributed by atoms with E-state index in [1.165, 1.54) is 16.3 Å². The van der Waals surface area contributed by atoms with Gasteiger partial charge in [0, 0.05) is 21.0 Å². The van der Waals surface area contributed by atoms with Gasteiger partial charge in [0.2, 0.25) is 0 Å². The van der Waals surface area contributed by atoms with E-state index in [0.29, 0.717) is 0 Å². The average Bonchev–Trinajstić information content (AvgIpc) is 3.15. The van der Waals surface area contributed by atoms with Crippen LogP contribution in [0.3, 0.4) is 0 Å². The predicted octanol–water partition coefficient (Wildman–Crippen LogP) is 7.88. The number of fused-ring (bicyclic) bond motifs is 4. The largest absolute Gasteiger partial charge is 0.515 e. The maximum atomic E-state index is 9.39. The molecule has 154 valence electrons. The van der Waals surface area contributed by atoms with E-state index in [1.54, 1.807) is 17.7 Å². The van der Waals surface area contributed by atoms with Gasteiger partial charge in [0.25, 0.3) is 0 Å². The van der Waals surface area contributed by atoms with E-state index in [4.69, 9.17) is 4.98 Å². The lowest BCUT2D eigenvalue weighted by Crippen LogP contribution is -2.12. The first-order valence-electron chi connectivity index (χ1n) is 10.4. The molecular weight excluding hydrogens is 400 g/mol. The Labute approximate surface area is 185 Å². The molecule has 2 aromatic heterocycles. The van der Waals surface area contributed by atoms with Crippen molar-refractivity contribution in [1.29, 1.82) is 0 Å². The predicted molar refractivity (Wildman–Crippen MR) is 133 cm³/mol. The lowest BCUT2D eigenvalue weighted by Gasteiger charge is -2.22. The third-order valence-electron chi connectivity index (χ3n) is 5.86. The smallest absolute Gasteiger partial charge is 0.128 e. The lowest BCUT2D eigenvalue weighted by atomic mass is 9.82. The number of aliphatic hydroxyl groups excluding tert-OH is 1. The first kappa shape index (κ1) is 19.7. The first-order chi connectivity index (χ1) is 14.9. The highest BCUT2D eigenvalue weighted by molar-refractivity contribution is 7.25. The fourth-order valence-electron chi connectivity index (χ4n) is 4.21. The van der Waals surface area contributed by atoms with Crippen LogP contribution in [0.4, 0.5) is 0 Å². The zero-order valence-corrected chi connectivity index (χ0v) is 18.9. The van der Waals surface area contributed by atoms with Crippen LogP contribution in [-0.4, -0.2) is 15.1 Å². The molecule has 0 aliphatic rings. The summed E-state index contributed by atoms with van der Waals surface area (Å²) < 4.78 is 1.15. The van der Waals surface area contributed by atoms with Crippen LogP contribution >= 0.6 is 11.3 Å². The fourth-order valence-corrected chi connectivity index (χ4v) is 5.30. The summed E-state index contributed by atoms with van der Waals surface area (Å²) in [5.41, 5.74) is 5.27. The van der Waals surface area contributed by atoms with Gasteiger partial charge in [0.15, 0.2) is 0 Å². The topological polar surface area (TPSA) is 46.0 Å². The summed E-state index contributed by atoms with van der Waals surface area (Å²) in [5, 5.41) is 14.1. The van der Waals surface area contributed by atoms with Crippen molar-refractivity contribution in [3.05, 3.63) is 78.3 Å². The summed E-state index contributed by atoms with van der Waals surface area (Å²) >= 11 is 1.67. The quantitative estimate of drug-likeness (QED) is 0.293. The number of hydrogen-bond acceptors (Lipinski definition) is 4. The first-order valence-corrected chi connectivity index (χ1v) is 11.2. The third kappa shape index (κ3) is 3.28. The van der Waals surface area contributed by atoms with Gasteiger partial charge in [0.05, 0.1) is 12.0 Å². The highest BCUT2D eigenvalue weighted by Crippen LogP contribution is 2.41. The molecule has 31 heavy (non-hydrogen) atoms. The number of benzene rings is 3. The summed E-state index contributed by atoms with van der Waals surface area (Å²) in [7, 11) is 0. The minimum absolute atomic E-state index is 0.0154. The van der Waals surface area contributed by atoms with Gasteiger partial charge in [-0.2, -0.15) is 0 Å². The number of allylic oxidation sites excluding steroid dienone is 1. The molecule has 4 heteroatoms. The molecule has 5 aromatic rings. The lowest BCUT2D eigenvalue weighted by molar-refractivity contribution is 0.475. The molecule has 3 nitrogen and oxygen atoms in total. The van der Waals surface area contributed by atoms with Gasteiger partial charge in [-0.15, -0.1) is 11.3 Å². The highest BCUT2D eigenvalue weighted by Gasteiger charge is 2.20. The number of rotatable bonds is 2. The molecular formula is C27H24N2OS. The van der Waals surface area contributed by atoms with E-state index in [1.807, 2.05) is 13.0 Å². The average molecular weight is 425 g/mol. The maximum Gasteiger partial charge on any atom is 0.128 e. The van der Waals surface area contributed by atoms with Gasteiger partial charge in [-0.05, 0) is 58.0 Å². The van der Waals surface area contributed by atoms with E-state index in [9.17, 15) is 5.11 Å². The molecule has 0 radical (unpaired) electrons. The Morgan fingerprint density at radius 1 is 0.968 bits per heavy atom. The van der Waals surface area contributed by atoms with Crippen LogP contribution in [0.5, 0.6) is 0 Å². The van der Waals surface area contributed by atoms with Crippen molar-refractivity contribution in [2.75, 3.05) is 0 Å². The summed E-state index contributed by atoms with van der Waals surface area (Å²) in [6.45, 7) is 8.68. The van der Waals surface area contributed by atoms with Crippen LogP contribution in [0.15, 0.2) is 67.2 Å². The maximum absolute atomic E-state index is 9.39. The molecule has 0 amide bonds. The molecule has 5 rings (SSSR count). The summed E-state index contributed by atoms with van der Waals surface area (Å²) in [5.74, 6) is 0. The van der Waals surface area contributed by atoms with Gasteiger partial charge in [-0.25, -0.2) is 9.97 Å². The zero-order valence-electron chi connectivity index (χ0n) is 18.1. The third-order valence-corrected chi connectivity index (χ3v) is 6.92. The van der Waals surface area contributed by atoms with E-state index in [0.717, 1.165) is 49.0 Å². The molecule has 2 heterocycles. The molecule has 0 aliphatic carbocycles. The Balaban J connectivity index is 1.82. The Bertz CT molecular complexity index is 1490. The zero-order chi connectivity index (χ0) is 21.8. The molecule has 0 bridgehead atoms. The van der Waals surface area contributed by atoms with Gasteiger partial charge < -0.3 is 5.11 Å². The molecule has 0 aliphatic heterocycles. The molecule has 0 unspecified atom stereocenters. The van der Waals surface area contributed by atoms with E-state index in [-0.39, 0.29) is 5.41 Å². The number of thiophene rings is 1. The Kier molecular flexibility index (Phi) is 4.56. The van der Waals surface area contributed by atoms with E-state index >= 15 is 0 Å². The van der Waals surface area contributed by atoms with Crippen molar-refractivity contribution >= 4 is 48.0 Å². The minimum Gasteiger partial charge on any atom is -0.515 e. The van der Waals surface area contributed by atoms with Crippen molar-refractivity contribution in [2.24, 2.45) is 0 Å². The molecule has 0 saturated heterocycles. The molecule has 3 aromatic carbocycles. The van der Waals surface area contributed by atoms with Crippen molar-refractivity contribution in [2.45, 2.75) is 33.1 Å². The molecule has 0 spiro atoms. The van der Waals surface area contributed by atoms with Gasteiger partial charge in [-0.1, -0.05) is 57.2 Å². The van der Waals surface area contributed by atoms with Gasteiger partial charge in [0.1, 0.15) is 11.2 Å². The Morgan fingerprint density at radius 3 is 2.55 bits per heavy atom. The minimum atomic E-state index is 0.0154. The SMILES string of the molecule is C/C(=C/O)c1ccc2c(c1)sc1ncnc(-c3cc(C(C)(C)C)c4ccccc4c3)c12. The normalized spacial score (nSPS) is 12.8. The summed E-state index contributed by atoms with van der Waals surface area (Å²) in [6.07, 6.45) is 2.82. The molecule has 1 N–H and O–H groups in total. The second-order valence-corrected chi connectivity index (χ2v) is 10.1. The van der Waals surface area contributed by atoms with Crippen LogP contribution in [0, 0.1) is 0 Å². The second kappa shape index (κ2) is 7.17. The van der Waals surface area contributed by atoms with E-state index < -0.39 is 0 Å². The van der Waals surface area contributed by atoms with E-state index in [2.05, 4.69) is 74.3 Å². The number of nitrogens with zero attached hydrogens (tertiary/aromatic N) is 2. The second-order valence-electron chi connectivity index (χ2n) is 9.02. The number of aliphatic hydroxyl groups is 1.